The summed E-state index contributed by atoms with van der Waals surface area (Å²) in [5.74, 6) is 3.48. The molecule has 0 N–H and O–H groups in total. The minimum atomic E-state index is -1.72. The molecule has 5 rings (SSSR count). The van der Waals surface area contributed by atoms with Gasteiger partial charge in [-0.05, 0) is 22.3 Å². The van der Waals surface area contributed by atoms with Crippen molar-refractivity contribution in [3.8, 4) is 11.5 Å². The van der Waals surface area contributed by atoms with Crippen LogP contribution in [0.4, 0.5) is 0 Å². The van der Waals surface area contributed by atoms with Gasteiger partial charge in [0.25, 0.3) is 0 Å². The van der Waals surface area contributed by atoms with Crippen molar-refractivity contribution >= 4 is 8.07 Å². The van der Waals surface area contributed by atoms with E-state index in [0.717, 1.165) is 22.3 Å². The number of hydrogen-bond donors (Lipinski definition) is 0. The van der Waals surface area contributed by atoms with Crippen molar-refractivity contribution in [1.82, 2.24) is 0 Å². The van der Waals surface area contributed by atoms with Crippen LogP contribution in [0.15, 0.2) is 121 Å². The lowest BCUT2D eigenvalue weighted by molar-refractivity contribution is -0.261. The van der Waals surface area contributed by atoms with Gasteiger partial charge < -0.3 is 23.7 Å². The summed E-state index contributed by atoms with van der Waals surface area (Å²) in [6, 6.07) is 40.7. The third-order valence-electron chi connectivity index (χ3n) is 7.47. The second kappa shape index (κ2) is 16.7. The summed E-state index contributed by atoms with van der Waals surface area (Å²) < 4.78 is 33.3. The van der Waals surface area contributed by atoms with E-state index < -0.39 is 38.6 Å². The highest BCUT2D eigenvalue weighted by atomic mass is 28.3. The van der Waals surface area contributed by atoms with Gasteiger partial charge >= 0.3 is 0 Å². The molecule has 234 valence electrons. The van der Waals surface area contributed by atoms with Crippen molar-refractivity contribution in [3.05, 3.63) is 144 Å². The summed E-state index contributed by atoms with van der Waals surface area (Å²) in [7, 11) is -1.72. The highest BCUT2D eigenvalue weighted by Crippen LogP contribution is 2.31. The first-order chi connectivity index (χ1) is 21.9. The zero-order valence-corrected chi connectivity index (χ0v) is 27.5. The molecular weight excluding hydrogens is 577 g/mol. The molecule has 0 aromatic heterocycles. The molecule has 4 aromatic carbocycles. The third-order valence-corrected chi connectivity index (χ3v) is 8.37. The van der Waals surface area contributed by atoms with Crippen molar-refractivity contribution in [2.75, 3.05) is 6.61 Å². The molecule has 6 heteroatoms. The van der Waals surface area contributed by atoms with E-state index in [1.807, 2.05) is 72.8 Å². The number of benzene rings is 4. The van der Waals surface area contributed by atoms with Gasteiger partial charge in [-0.2, -0.15) is 0 Å². The molecular formula is C39H44O5Si. The van der Waals surface area contributed by atoms with Gasteiger partial charge in [-0.25, -0.2) is 0 Å². The van der Waals surface area contributed by atoms with E-state index in [4.69, 9.17) is 23.7 Å². The summed E-state index contributed by atoms with van der Waals surface area (Å²) in [6.07, 6.45) is -2.34. The fourth-order valence-electron chi connectivity index (χ4n) is 5.19. The van der Waals surface area contributed by atoms with Gasteiger partial charge in [0.1, 0.15) is 38.6 Å². The normalized spacial score (nSPS) is 21.5. The molecule has 0 bridgehead atoms. The molecule has 0 radical (unpaired) electrons. The predicted octanol–water partition coefficient (Wildman–Crippen LogP) is 7.61. The Morgan fingerprint density at radius 2 is 0.933 bits per heavy atom. The van der Waals surface area contributed by atoms with Crippen LogP contribution in [-0.4, -0.2) is 45.2 Å². The van der Waals surface area contributed by atoms with Gasteiger partial charge in [-0.1, -0.05) is 147 Å². The second-order valence-corrected chi connectivity index (χ2v) is 17.1. The first kappa shape index (κ1) is 32.8. The zero-order valence-electron chi connectivity index (χ0n) is 26.5. The average Bonchev–Trinajstić information content (AvgIpc) is 3.06. The van der Waals surface area contributed by atoms with Gasteiger partial charge in [-0.15, -0.1) is 5.54 Å². The van der Waals surface area contributed by atoms with E-state index in [0.29, 0.717) is 33.0 Å². The molecule has 1 fully saturated rings. The monoisotopic (exact) mass is 620 g/mol. The third kappa shape index (κ3) is 10.5. The minimum Gasteiger partial charge on any atom is -0.374 e. The summed E-state index contributed by atoms with van der Waals surface area (Å²) in [6.45, 7) is 8.73. The summed E-state index contributed by atoms with van der Waals surface area (Å²) in [4.78, 5) is 0. The van der Waals surface area contributed by atoms with Crippen LogP contribution in [0, 0.1) is 11.5 Å². The van der Waals surface area contributed by atoms with Crippen molar-refractivity contribution in [1.29, 1.82) is 0 Å². The Morgan fingerprint density at radius 1 is 0.533 bits per heavy atom. The van der Waals surface area contributed by atoms with Crippen LogP contribution >= 0.6 is 0 Å². The standard InChI is InChI=1S/C39H44O5Si/c1-45(2,3)25-24-35-37(41-27-32-18-10-5-11-19-32)39(43-29-34-22-14-7-15-23-34)38(42-28-33-20-12-6-13-21-33)36(44-35)30-40-26-31-16-8-4-9-17-31/h4-23,35-39H,26-30H2,1-3H3/t35-,36+,37+,38+,39+/m0/s1. The van der Waals surface area contributed by atoms with Crippen LogP contribution in [-0.2, 0) is 50.1 Å². The molecule has 5 atom stereocenters. The Balaban J connectivity index is 1.46. The SMILES string of the molecule is C[Si](C)(C)C#C[C@@H]1O[C@H](COCc2ccccc2)[C@@H](OCc2ccccc2)[C@H](OCc2ccccc2)[C@@H]1OCc1ccccc1. The van der Waals surface area contributed by atoms with Crippen molar-refractivity contribution in [3.63, 3.8) is 0 Å². The van der Waals surface area contributed by atoms with Gasteiger partial charge in [-0.3, -0.25) is 0 Å². The maximum Gasteiger partial charge on any atom is 0.146 e. The first-order valence-corrected chi connectivity index (χ1v) is 19.2. The van der Waals surface area contributed by atoms with E-state index in [2.05, 4.69) is 79.6 Å². The Hall–Kier alpha value is -3.54. The van der Waals surface area contributed by atoms with E-state index in [9.17, 15) is 0 Å². The van der Waals surface area contributed by atoms with Crippen molar-refractivity contribution in [2.24, 2.45) is 0 Å². The fraction of sp³-hybridized carbons (Fsp3) is 0.333. The van der Waals surface area contributed by atoms with Crippen LogP contribution in [0.3, 0.4) is 0 Å². The number of ether oxygens (including phenoxy) is 5. The van der Waals surface area contributed by atoms with Gasteiger partial charge in [0.05, 0.1) is 33.0 Å². The van der Waals surface area contributed by atoms with Crippen LogP contribution in [0.2, 0.25) is 19.6 Å². The molecule has 1 aliphatic heterocycles. The Bertz CT molecular complexity index is 1470. The van der Waals surface area contributed by atoms with Crippen molar-refractivity contribution in [2.45, 2.75) is 76.6 Å². The van der Waals surface area contributed by atoms with E-state index in [1.165, 1.54) is 0 Å². The van der Waals surface area contributed by atoms with Crippen LogP contribution in [0.1, 0.15) is 22.3 Å². The lowest BCUT2D eigenvalue weighted by Gasteiger charge is -2.45. The molecule has 0 amide bonds. The summed E-state index contributed by atoms with van der Waals surface area (Å²) in [5, 5.41) is 0. The maximum absolute atomic E-state index is 6.80. The molecule has 1 aliphatic rings. The maximum atomic E-state index is 6.80. The summed E-state index contributed by atoms with van der Waals surface area (Å²) >= 11 is 0. The Labute approximate surface area is 269 Å². The van der Waals surface area contributed by atoms with Gasteiger partial charge in [0.2, 0.25) is 0 Å². The molecule has 0 aliphatic carbocycles. The summed E-state index contributed by atoms with van der Waals surface area (Å²) in [5.41, 5.74) is 7.87. The highest BCUT2D eigenvalue weighted by molar-refractivity contribution is 6.83. The quantitative estimate of drug-likeness (QED) is 0.114. The van der Waals surface area contributed by atoms with Crippen LogP contribution < -0.4 is 0 Å². The Morgan fingerprint density at radius 3 is 1.38 bits per heavy atom. The van der Waals surface area contributed by atoms with Crippen LogP contribution in [0.5, 0.6) is 0 Å². The minimum absolute atomic E-state index is 0.329. The molecule has 45 heavy (non-hydrogen) atoms. The molecule has 1 saturated heterocycles. The molecule has 1 heterocycles. The van der Waals surface area contributed by atoms with Crippen LogP contribution in [0.25, 0.3) is 0 Å². The molecule has 0 saturated carbocycles. The van der Waals surface area contributed by atoms with Gasteiger partial charge in [0.15, 0.2) is 0 Å². The highest BCUT2D eigenvalue weighted by Gasteiger charge is 2.48. The zero-order chi connectivity index (χ0) is 31.3. The lowest BCUT2D eigenvalue weighted by atomic mass is 9.94. The largest absolute Gasteiger partial charge is 0.374 e. The van der Waals surface area contributed by atoms with Gasteiger partial charge in [0, 0.05) is 0 Å². The first-order valence-electron chi connectivity index (χ1n) is 15.7. The predicted molar refractivity (Wildman–Crippen MR) is 181 cm³/mol. The Kier molecular flexibility index (Phi) is 12.2. The number of rotatable bonds is 13. The fourth-order valence-corrected chi connectivity index (χ4v) is 5.77. The number of hydrogen-bond acceptors (Lipinski definition) is 5. The van der Waals surface area contributed by atoms with E-state index in [-0.39, 0.29) is 0 Å². The van der Waals surface area contributed by atoms with E-state index >= 15 is 0 Å². The average molecular weight is 621 g/mol. The molecule has 0 unspecified atom stereocenters. The topological polar surface area (TPSA) is 46.2 Å². The molecule has 5 nitrogen and oxygen atoms in total. The lowest BCUT2D eigenvalue weighted by Crippen LogP contribution is -2.61. The molecule has 4 aromatic rings. The second-order valence-electron chi connectivity index (χ2n) is 12.4. The van der Waals surface area contributed by atoms with E-state index in [1.54, 1.807) is 0 Å². The smallest absolute Gasteiger partial charge is 0.146 e. The van der Waals surface area contributed by atoms with Crippen molar-refractivity contribution < 1.29 is 23.7 Å². The molecule has 0 spiro atoms.